The van der Waals surface area contributed by atoms with E-state index in [0.29, 0.717) is 12.2 Å². The maximum Gasteiger partial charge on any atom is 0.270 e. The second kappa shape index (κ2) is 10.4. The number of aryl methyl sites for hydroxylation is 1. The van der Waals surface area contributed by atoms with Gasteiger partial charge in [0.1, 0.15) is 11.4 Å². The lowest BCUT2D eigenvalue weighted by Crippen LogP contribution is -2.38. The van der Waals surface area contributed by atoms with Gasteiger partial charge in [0.05, 0.1) is 31.7 Å². The average molecular weight is 435 g/mol. The lowest BCUT2D eigenvalue weighted by atomic mass is 10.1. The van der Waals surface area contributed by atoms with Gasteiger partial charge >= 0.3 is 0 Å². The number of hydrogen-bond donors (Lipinski definition) is 1. The van der Waals surface area contributed by atoms with Gasteiger partial charge in [-0.3, -0.25) is 9.69 Å². The van der Waals surface area contributed by atoms with Crippen LogP contribution in [0.1, 0.15) is 22.5 Å². The Morgan fingerprint density at radius 3 is 2.66 bits per heavy atom. The molecule has 0 atom stereocenters. The van der Waals surface area contributed by atoms with Crippen molar-refractivity contribution in [2.75, 3.05) is 46.5 Å². The molecular formula is C25H30N4O3. The molecule has 1 amide bonds. The molecule has 0 spiro atoms. The number of carbonyl (C=O) groups is 1. The third-order valence-corrected chi connectivity index (χ3v) is 5.63. The van der Waals surface area contributed by atoms with E-state index in [9.17, 15) is 4.79 Å². The predicted octanol–water partition coefficient (Wildman–Crippen LogP) is 3.31. The molecule has 32 heavy (non-hydrogen) atoms. The van der Waals surface area contributed by atoms with Crippen molar-refractivity contribution < 1.29 is 14.3 Å². The average Bonchev–Trinajstić information content (AvgIpc) is 3.28. The van der Waals surface area contributed by atoms with Gasteiger partial charge in [-0.2, -0.15) is 5.10 Å². The summed E-state index contributed by atoms with van der Waals surface area (Å²) in [6.45, 7) is 7.09. The summed E-state index contributed by atoms with van der Waals surface area (Å²) < 4.78 is 12.5. The fourth-order valence-electron chi connectivity index (χ4n) is 3.77. The Kier molecular flexibility index (Phi) is 7.19. The number of ether oxygens (including phenoxy) is 2. The maximum absolute atomic E-state index is 13.1. The van der Waals surface area contributed by atoms with E-state index in [1.54, 1.807) is 11.8 Å². The van der Waals surface area contributed by atoms with E-state index in [4.69, 9.17) is 14.6 Å². The highest BCUT2D eigenvalue weighted by molar-refractivity contribution is 5.94. The number of amides is 1. The normalized spacial score (nSPS) is 14.3. The van der Waals surface area contributed by atoms with Gasteiger partial charge in [0.25, 0.3) is 5.91 Å². The second-order valence-electron chi connectivity index (χ2n) is 7.96. The second-order valence-corrected chi connectivity index (χ2v) is 7.96. The first kappa shape index (κ1) is 22.0. The maximum atomic E-state index is 13.1. The van der Waals surface area contributed by atoms with Crippen molar-refractivity contribution in [3.8, 4) is 22.7 Å². The van der Waals surface area contributed by atoms with E-state index in [1.807, 2.05) is 61.5 Å². The number of nitrogens with one attached hydrogen (secondary N) is 1. The molecule has 0 saturated carbocycles. The van der Waals surface area contributed by atoms with Crippen LogP contribution in [-0.2, 0) is 4.74 Å². The summed E-state index contributed by atoms with van der Waals surface area (Å²) in [6.07, 6.45) is 0.896. The summed E-state index contributed by atoms with van der Waals surface area (Å²) in [5.41, 5.74) is 4.14. The fourth-order valence-corrected chi connectivity index (χ4v) is 3.77. The molecule has 4 rings (SSSR count). The third-order valence-electron chi connectivity index (χ3n) is 5.63. The Morgan fingerprint density at radius 1 is 1.12 bits per heavy atom. The minimum absolute atomic E-state index is 0.130. The number of rotatable bonds is 8. The molecular weight excluding hydrogens is 404 g/mol. The molecule has 7 heteroatoms. The Bertz CT molecular complexity index is 1040. The number of aromatic nitrogens is 2. The largest absolute Gasteiger partial charge is 0.497 e. The van der Waals surface area contributed by atoms with Crippen LogP contribution < -0.4 is 10.1 Å². The zero-order valence-corrected chi connectivity index (χ0v) is 18.7. The van der Waals surface area contributed by atoms with E-state index in [2.05, 4.69) is 10.2 Å². The van der Waals surface area contributed by atoms with E-state index in [-0.39, 0.29) is 5.91 Å². The van der Waals surface area contributed by atoms with Gasteiger partial charge in [-0.25, -0.2) is 4.68 Å². The molecule has 1 N–H and O–H groups in total. The van der Waals surface area contributed by atoms with E-state index in [1.165, 1.54) is 0 Å². The summed E-state index contributed by atoms with van der Waals surface area (Å²) in [5, 5.41) is 7.82. The van der Waals surface area contributed by atoms with Crippen LogP contribution in [0.15, 0.2) is 54.6 Å². The van der Waals surface area contributed by atoms with Gasteiger partial charge in [0.2, 0.25) is 0 Å². The molecule has 0 unspecified atom stereocenters. The van der Waals surface area contributed by atoms with Crippen LogP contribution in [-0.4, -0.2) is 67.1 Å². The van der Waals surface area contributed by atoms with Crippen molar-refractivity contribution >= 4 is 5.91 Å². The zero-order valence-electron chi connectivity index (χ0n) is 18.7. The van der Waals surface area contributed by atoms with E-state index in [0.717, 1.165) is 67.5 Å². The van der Waals surface area contributed by atoms with Gasteiger partial charge in [-0.15, -0.1) is 0 Å². The molecule has 3 aromatic rings. The van der Waals surface area contributed by atoms with Gasteiger partial charge in [-0.05, 0) is 50.2 Å². The van der Waals surface area contributed by atoms with Crippen molar-refractivity contribution in [3.63, 3.8) is 0 Å². The Labute approximate surface area is 188 Å². The summed E-state index contributed by atoms with van der Waals surface area (Å²) in [5.74, 6) is 0.621. The van der Waals surface area contributed by atoms with Crippen molar-refractivity contribution in [1.29, 1.82) is 0 Å². The third kappa shape index (κ3) is 5.36. The molecule has 7 nitrogen and oxygen atoms in total. The molecule has 0 aliphatic carbocycles. The monoisotopic (exact) mass is 434 g/mol. The Morgan fingerprint density at radius 2 is 1.91 bits per heavy atom. The van der Waals surface area contributed by atoms with Crippen molar-refractivity contribution in [2.45, 2.75) is 13.3 Å². The first-order valence-electron chi connectivity index (χ1n) is 11.0. The Hall–Kier alpha value is -3.16. The van der Waals surface area contributed by atoms with Crippen LogP contribution in [0.5, 0.6) is 5.75 Å². The number of nitrogens with zero attached hydrogens (tertiary/aromatic N) is 3. The lowest BCUT2D eigenvalue weighted by Gasteiger charge is -2.26. The van der Waals surface area contributed by atoms with Crippen molar-refractivity contribution in [3.05, 3.63) is 65.9 Å². The van der Waals surface area contributed by atoms with Crippen LogP contribution >= 0.6 is 0 Å². The zero-order chi connectivity index (χ0) is 22.3. The number of methoxy groups -OCH3 is 1. The number of morpholine rings is 1. The van der Waals surface area contributed by atoms with Crippen molar-refractivity contribution in [1.82, 2.24) is 20.0 Å². The first-order chi connectivity index (χ1) is 15.6. The molecule has 0 radical (unpaired) electrons. The van der Waals surface area contributed by atoms with E-state index >= 15 is 0 Å². The molecule has 2 aromatic carbocycles. The number of benzene rings is 2. The minimum Gasteiger partial charge on any atom is -0.497 e. The summed E-state index contributed by atoms with van der Waals surface area (Å²) in [4.78, 5) is 15.5. The van der Waals surface area contributed by atoms with Crippen LogP contribution in [0.25, 0.3) is 16.9 Å². The molecule has 1 aliphatic heterocycles. The molecule has 0 bridgehead atoms. The quantitative estimate of drug-likeness (QED) is 0.551. The van der Waals surface area contributed by atoms with Crippen molar-refractivity contribution in [2.24, 2.45) is 0 Å². The van der Waals surface area contributed by atoms with Crippen LogP contribution in [0, 0.1) is 6.92 Å². The topological polar surface area (TPSA) is 68.6 Å². The van der Waals surface area contributed by atoms with Gasteiger partial charge < -0.3 is 14.8 Å². The smallest absolute Gasteiger partial charge is 0.270 e. The molecule has 1 fully saturated rings. The summed E-state index contributed by atoms with van der Waals surface area (Å²) >= 11 is 0. The summed E-state index contributed by atoms with van der Waals surface area (Å²) in [6, 6.07) is 17.5. The number of hydrogen-bond acceptors (Lipinski definition) is 5. The molecule has 2 heterocycles. The number of carbonyl (C=O) groups excluding carboxylic acids is 1. The van der Waals surface area contributed by atoms with Crippen LogP contribution in [0.2, 0.25) is 0 Å². The molecule has 1 aliphatic rings. The van der Waals surface area contributed by atoms with Crippen LogP contribution in [0.3, 0.4) is 0 Å². The van der Waals surface area contributed by atoms with E-state index < -0.39 is 0 Å². The first-order valence-corrected chi connectivity index (χ1v) is 11.0. The lowest BCUT2D eigenvalue weighted by molar-refractivity contribution is 0.0374. The van der Waals surface area contributed by atoms with Gasteiger partial charge in [0, 0.05) is 25.2 Å². The molecule has 168 valence electrons. The van der Waals surface area contributed by atoms with Gasteiger partial charge in [-0.1, -0.05) is 29.8 Å². The molecule has 1 aromatic heterocycles. The fraction of sp³-hybridized carbons (Fsp3) is 0.360. The standard InChI is InChI=1S/C25H30N4O3/c1-19-7-9-21(10-8-19)29-24(18-23(27-29)20-5-3-6-22(17-20)31-2)25(30)26-11-4-12-28-13-15-32-16-14-28/h3,5-10,17-18H,4,11-16H2,1-2H3,(H,26,30). The molecule has 1 saturated heterocycles. The Balaban J connectivity index is 1.52. The highest BCUT2D eigenvalue weighted by Gasteiger charge is 2.18. The minimum atomic E-state index is -0.130. The highest BCUT2D eigenvalue weighted by Crippen LogP contribution is 2.25. The predicted molar refractivity (Wildman–Crippen MR) is 124 cm³/mol. The SMILES string of the molecule is COc1cccc(-c2cc(C(=O)NCCCN3CCOCC3)n(-c3ccc(C)cc3)n2)c1. The highest BCUT2D eigenvalue weighted by atomic mass is 16.5. The van der Waals surface area contributed by atoms with Gasteiger partial charge in [0.15, 0.2) is 0 Å². The van der Waals surface area contributed by atoms with Crippen LogP contribution in [0.4, 0.5) is 0 Å². The summed E-state index contributed by atoms with van der Waals surface area (Å²) in [7, 11) is 1.64.